The molecule has 0 saturated carbocycles. The molecule has 4 rings (SSSR count). The van der Waals surface area contributed by atoms with Crippen molar-refractivity contribution in [1.82, 2.24) is 4.90 Å². The number of thioether (sulfide) groups is 1. The molecule has 146 valence electrons. The average Bonchev–Trinajstić information content (AvgIpc) is 3.20. The van der Waals surface area contributed by atoms with E-state index in [4.69, 9.17) is 18.0 Å². The molecule has 11 heteroatoms. The topological polar surface area (TPSA) is 118 Å². The predicted molar refractivity (Wildman–Crippen MR) is 109 cm³/mol. The number of para-hydroxylation sites is 1. The molecule has 1 unspecified atom stereocenters. The Labute approximate surface area is 170 Å². The fourth-order valence-electron chi connectivity index (χ4n) is 3.64. The van der Waals surface area contributed by atoms with Crippen molar-refractivity contribution in [2.45, 2.75) is 12.5 Å². The fraction of sp³-hybridized carbons (Fsp3) is 0.294. The number of primary amides is 1. The first-order chi connectivity index (χ1) is 13.2. The Morgan fingerprint density at radius 1 is 1.25 bits per heavy atom. The van der Waals surface area contributed by atoms with Crippen molar-refractivity contribution in [3.63, 3.8) is 0 Å². The number of benzene rings is 1. The minimum Gasteiger partial charge on any atom is -0.368 e. The standard InChI is InChI=1S/C17H15N3O5S3/c18-12(21)7-19-11-4-2-1-3-10(11)13(15(19)22)14-16(23)20(17(26)27-14)9-5-6-28(24,25)8-9/h1-4,9H,5-8H2,(H2,18,21)/b14-13-. The fourth-order valence-corrected chi connectivity index (χ4v) is 6.81. The average molecular weight is 438 g/mol. The van der Waals surface area contributed by atoms with Gasteiger partial charge in [0.1, 0.15) is 10.9 Å². The monoisotopic (exact) mass is 437 g/mol. The highest BCUT2D eigenvalue weighted by Crippen LogP contribution is 2.45. The SMILES string of the molecule is NC(=O)CN1C(=O)/C(=C2\SC(=S)N(C3CCS(=O)(=O)C3)C2=O)c2ccccc21. The smallest absolute Gasteiger partial charge is 0.267 e. The molecule has 28 heavy (non-hydrogen) atoms. The van der Waals surface area contributed by atoms with Gasteiger partial charge in [0.25, 0.3) is 11.8 Å². The molecule has 0 radical (unpaired) electrons. The van der Waals surface area contributed by atoms with Crippen molar-refractivity contribution in [2.75, 3.05) is 23.0 Å². The molecule has 3 aliphatic rings. The maximum absolute atomic E-state index is 13.1. The zero-order chi connectivity index (χ0) is 20.2. The van der Waals surface area contributed by atoms with Crippen molar-refractivity contribution in [1.29, 1.82) is 0 Å². The highest BCUT2D eigenvalue weighted by Gasteiger charge is 2.46. The van der Waals surface area contributed by atoms with E-state index in [1.807, 2.05) is 0 Å². The van der Waals surface area contributed by atoms with E-state index in [1.165, 1.54) is 9.80 Å². The first-order valence-corrected chi connectivity index (χ1v) is 11.4. The van der Waals surface area contributed by atoms with Crippen LogP contribution in [0.3, 0.4) is 0 Å². The van der Waals surface area contributed by atoms with Crippen LogP contribution in [0.1, 0.15) is 12.0 Å². The molecule has 2 N–H and O–H groups in total. The Morgan fingerprint density at radius 2 is 1.96 bits per heavy atom. The predicted octanol–water partition coefficient (Wildman–Crippen LogP) is 0.277. The zero-order valence-corrected chi connectivity index (χ0v) is 16.9. The summed E-state index contributed by atoms with van der Waals surface area (Å²) in [5, 5.41) is 0. The molecule has 0 spiro atoms. The van der Waals surface area contributed by atoms with Gasteiger partial charge in [0, 0.05) is 5.56 Å². The van der Waals surface area contributed by atoms with Gasteiger partial charge in [-0.2, -0.15) is 0 Å². The normalized spacial score (nSPS) is 26.3. The van der Waals surface area contributed by atoms with Crippen LogP contribution < -0.4 is 10.6 Å². The van der Waals surface area contributed by atoms with Gasteiger partial charge >= 0.3 is 0 Å². The molecule has 8 nitrogen and oxygen atoms in total. The number of sulfone groups is 1. The number of anilines is 1. The van der Waals surface area contributed by atoms with Gasteiger partial charge in [-0.3, -0.25) is 24.2 Å². The second-order valence-corrected chi connectivity index (χ2v) is 10.6. The maximum Gasteiger partial charge on any atom is 0.267 e. The van der Waals surface area contributed by atoms with Crippen LogP contribution in [0.4, 0.5) is 5.69 Å². The number of thiocarbonyl (C=S) groups is 1. The van der Waals surface area contributed by atoms with Crippen LogP contribution in [0, 0.1) is 0 Å². The molecule has 1 aromatic rings. The lowest BCUT2D eigenvalue weighted by atomic mass is 10.1. The maximum atomic E-state index is 13.1. The molecule has 0 aromatic heterocycles. The quantitative estimate of drug-likeness (QED) is 0.533. The van der Waals surface area contributed by atoms with Crippen molar-refractivity contribution in [3.8, 4) is 0 Å². The highest BCUT2D eigenvalue weighted by atomic mass is 32.2. The molecule has 3 heterocycles. The number of nitrogens with zero attached hydrogens (tertiary/aromatic N) is 2. The molecule has 1 atom stereocenters. The molecule has 2 fully saturated rings. The van der Waals surface area contributed by atoms with Crippen LogP contribution in [0.5, 0.6) is 0 Å². The van der Waals surface area contributed by atoms with Crippen LogP contribution >= 0.6 is 24.0 Å². The summed E-state index contributed by atoms with van der Waals surface area (Å²) in [6.07, 6.45) is 0.315. The van der Waals surface area contributed by atoms with Gasteiger partial charge < -0.3 is 5.73 Å². The lowest BCUT2D eigenvalue weighted by molar-refractivity contribution is -0.123. The van der Waals surface area contributed by atoms with Crippen LogP contribution in [0.2, 0.25) is 0 Å². The van der Waals surface area contributed by atoms with E-state index in [0.29, 0.717) is 17.7 Å². The van der Waals surface area contributed by atoms with Crippen LogP contribution in [0.25, 0.3) is 5.57 Å². The van der Waals surface area contributed by atoms with E-state index in [1.54, 1.807) is 24.3 Å². The Hall–Kier alpha value is -2.24. The molecule has 3 amide bonds. The van der Waals surface area contributed by atoms with E-state index < -0.39 is 33.6 Å². The Morgan fingerprint density at radius 3 is 2.61 bits per heavy atom. The van der Waals surface area contributed by atoms with Crippen LogP contribution in [0.15, 0.2) is 29.2 Å². The number of nitrogens with two attached hydrogens (primary N) is 1. The second kappa shape index (κ2) is 6.68. The van der Waals surface area contributed by atoms with Crippen molar-refractivity contribution >= 4 is 67.1 Å². The van der Waals surface area contributed by atoms with E-state index in [2.05, 4.69) is 0 Å². The van der Waals surface area contributed by atoms with Crippen molar-refractivity contribution in [2.24, 2.45) is 5.73 Å². The summed E-state index contributed by atoms with van der Waals surface area (Å²) in [6, 6.07) is 6.29. The molecule has 0 aliphatic carbocycles. The number of fused-ring (bicyclic) bond motifs is 1. The highest BCUT2D eigenvalue weighted by molar-refractivity contribution is 8.26. The van der Waals surface area contributed by atoms with Gasteiger partial charge in [-0.05, 0) is 12.5 Å². The summed E-state index contributed by atoms with van der Waals surface area (Å²) in [5.41, 5.74) is 6.44. The number of rotatable bonds is 3. The van der Waals surface area contributed by atoms with Gasteiger partial charge in [0.15, 0.2) is 9.84 Å². The summed E-state index contributed by atoms with van der Waals surface area (Å²) in [6.45, 7) is -0.305. The molecular weight excluding hydrogens is 422 g/mol. The van der Waals surface area contributed by atoms with Gasteiger partial charge in [-0.15, -0.1) is 0 Å². The molecule has 2 saturated heterocycles. The molecular formula is C17H15N3O5S3. The molecule has 0 bridgehead atoms. The minimum absolute atomic E-state index is 0.00872. The third kappa shape index (κ3) is 3.03. The number of amides is 3. The number of carbonyl (C=O) groups is 3. The van der Waals surface area contributed by atoms with E-state index >= 15 is 0 Å². The Balaban J connectivity index is 1.77. The third-order valence-electron chi connectivity index (χ3n) is 4.84. The van der Waals surface area contributed by atoms with Crippen molar-refractivity contribution < 1.29 is 22.8 Å². The largest absolute Gasteiger partial charge is 0.368 e. The first-order valence-electron chi connectivity index (χ1n) is 8.39. The molecule has 1 aromatic carbocycles. The van der Waals surface area contributed by atoms with Crippen LogP contribution in [-0.2, 0) is 24.2 Å². The van der Waals surface area contributed by atoms with Gasteiger partial charge in [0.2, 0.25) is 5.91 Å². The molecule has 3 aliphatic heterocycles. The van der Waals surface area contributed by atoms with Gasteiger partial charge in [-0.1, -0.05) is 42.2 Å². The number of hydrogen-bond acceptors (Lipinski definition) is 7. The van der Waals surface area contributed by atoms with Gasteiger partial charge in [-0.25, -0.2) is 8.42 Å². The van der Waals surface area contributed by atoms with Gasteiger partial charge in [0.05, 0.1) is 33.7 Å². The van der Waals surface area contributed by atoms with Crippen molar-refractivity contribution in [3.05, 3.63) is 34.7 Å². The summed E-state index contributed by atoms with van der Waals surface area (Å²) in [4.78, 5) is 40.2. The zero-order valence-electron chi connectivity index (χ0n) is 14.5. The summed E-state index contributed by atoms with van der Waals surface area (Å²) in [5.74, 6) is -1.78. The number of hydrogen-bond donors (Lipinski definition) is 1. The lowest BCUT2D eigenvalue weighted by Crippen LogP contribution is -2.39. The lowest BCUT2D eigenvalue weighted by Gasteiger charge is -2.21. The van der Waals surface area contributed by atoms with E-state index in [-0.39, 0.29) is 32.8 Å². The minimum atomic E-state index is -3.20. The first kappa shape index (κ1) is 19.1. The Bertz CT molecular complexity index is 1080. The summed E-state index contributed by atoms with van der Waals surface area (Å²) >= 11 is 6.30. The Kier molecular flexibility index (Phi) is 4.55. The number of carbonyl (C=O) groups excluding carboxylic acids is 3. The van der Waals surface area contributed by atoms with E-state index in [0.717, 1.165) is 11.8 Å². The second-order valence-electron chi connectivity index (χ2n) is 6.68. The van der Waals surface area contributed by atoms with E-state index in [9.17, 15) is 22.8 Å². The third-order valence-corrected chi connectivity index (χ3v) is 7.99. The summed E-state index contributed by atoms with van der Waals surface area (Å²) < 4.78 is 23.8. The summed E-state index contributed by atoms with van der Waals surface area (Å²) in [7, 11) is -3.20. The van der Waals surface area contributed by atoms with Crippen LogP contribution in [-0.4, -0.2) is 59.5 Å².